The lowest BCUT2D eigenvalue weighted by atomic mass is 10.0. The molecule has 0 radical (unpaired) electrons. The SMILES string of the molecule is C=CC(=O)NCc1ccc(C(=O)N(c2ccccc2)C2CCN(C)CC2)cc1. The minimum atomic E-state index is -0.210. The molecule has 0 saturated carbocycles. The number of carbonyl (C=O) groups is 2. The highest BCUT2D eigenvalue weighted by atomic mass is 16.2. The maximum absolute atomic E-state index is 13.4. The monoisotopic (exact) mass is 377 g/mol. The summed E-state index contributed by atoms with van der Waals surface area (Å²) in [6.45, 7) is 5.83. The zero-order valence-corrected chi connectivity index (χ0v) is 16.3. The molecular weight excluding hydrogens is 350 g/mol. The van der Waals surface area contributed by atoms with Gasteiger partial charge in [-0.05, 0) is 68.9 Å². The molecule has 0 atom stereocenters. The molecule has 146 valence electrons. The first-order chi connectivity index (χ1) is 13.6. The van der Waals surface area contributed by atoms with Crippen molar-refractivity contribution >= 4 is 17.5 Å². The zero-order chi connectivity index (χ0) is 19.9. The van der Waals surface area contributed by atoms with Crippen LogP contribution in [-0.2, 0) is 11.3 Å². The van der Waals surface area contributed by atoms with E-state index in [1.54, 1.807) is 0 Å². The van der Waals surface area contributed by atoms with E-state index in [0.29, 0.717) is 12.1 Å². The Hall–Kier alpha value is -2.92. The van der Waals surface area contributed by atoms with Gasteiger partial charge in [0.15, 0.2) is 0 Å². The molecule has 2 aromatic rings. The fraction of sp³-hybridized carbons (Fsp3) is 0.304. The van der Waals surface area contributed by atoms with Crippen LogP contribution in [0, 0.1) is 0 Å². The zero-order valence-electron chi connectivity index (χ0n) is 16.3. The van der Waals surface area contributed by atoms with E-state index in [1.807, 2.05) is 59.5 Å². The minimum absolute atomic E-state index is 0.0161. The lowest BCUT2D eigenvalue weighted by molar-refractivity contribution is -0.116. The van der Waals surface area contributed by atoms with Gasteiger partial charge in [0.05, 0.1) is 0 Å². The third-order valence-electron chi connectivity index (χ3n) is 5.16. The molecule has 1 aliphatic rings. The number of benzene rings is 2. The summed E-state index contributed by atoms with van der Waals surface area (Å²) in [6, 6.07) is 17.5. The lowest BCUT2D eigenvalue weighted by Crippen LogP contribution is -2.46. The fourth-order valence-electron chi connectivity index (χ4n) is 3.50. The van der Waals surface area contributed by atoms with E-state index in [-0.39, 0.29) is 17.9 Å². The molecule has 1 heterocycles. The first kappa shape index (κ1) is 19.8. The van der Waals surface area contributed by atoms with Gasteiger partial charge in [0.1, 0.15) is 0 Å². The van der Waals surface area contributed by atoms with Crippen LogP contribution in [0.3, 0.4) is 0 Å². The van der Waals surface area contributed by atoms with Crippen molar-refractivity contribution in [2.75, 3.05) is 25.0 Å². The van der Waals surface area contributed by atoms with Crippen LogP contribution in [0.25, 0.3) is 0 Å². The number of carbonyl (C=O) groups excluding carboxylic acids is 2. The van der Waals surface area contributed by atoms with E-state index in [1.165, 1.54) is 6.08 Å². The molecule has 1 fully saturated rings. The van der Waals surface area contributed by atoms with Gasteiger partial charge in [0.25, 0.3) is 5.91 Å². The topological polar surface area (TPSA) is 52.7 Å². The summed E-state index contributed by atoms with van der Waals surface area (Å²) >= 11 is 0. The van der Waals surface area contributed by atoms with Crippen molar-refractivity contribution in [2.45, 2.75) is 25.4 Å². The third-order valence-corrected chi connectivity index (χ3v) is 5.16. The standard InChI is InChI=1S/C23H27N3O2/c1-3-22(27)24-17-18-9-11-19(12-10-18)23(28)26(20-7-5-4-6-8-20)21-13-15-25(2)16-14-21/h3-12,21H,1,13-17H2,2H3,(H,24,27). The summed E-state index contributed by atoms with van der Waals surface area (Å²) in [5.41, 5.74) is 2.53. The molecule has 5 heteroatoms. The Morgan fingerprint density at radius 1 is 1.11 bits per heavy atom. The highest BCUT2D eigenvalue weighted by Gasteiger charge is 2.28. The highest BCUT2D eigenvalue weighted by Crippen LogP contribution is 2.25. The molecule has 1 aliphatic heterocycles. The molecule has 0 aliphatic carbocycles. The number of likely N-dealkylation sites (tertiary alicyclic amines) is 1. The normalized spacial score (nSPS) is 15.0. The molecule has 2 aromatic carbocycles. The predicted octanol–water partition coefficient (Wildman–Crippen LogP) is 3.23. The van der Waals surface area contributed by atoms with Crippen LogP contribution in [0.5, 0.6) is 0 Å². The van der Waals surface area contributed by atoms with Gasteiger partial charge >= 0.3 is 0 Å². The molecule has 0 aromatic heterocycles. The van der Waals surface area contributed by atoms with Crippen molar-refractivity contribution in [3.63, 3.8) is 0 Å². The second kappa shape index (κ2) is 9.33. The van der Waals surface area contributed by atoms with E-state index in [0.717, 1.165) is 37.2 Å². The van der Waals surface area contributed by atoms with Crippen LogP contribution in [0.15, 0.2) is 67.3 Å². The second-order valence-corrected chi connectivity index (χ2v) is 7.16. The van der Waals surface area contributed by atoms with Gasteiger partial charge in [0, 0.05) is 23.8 Å². The van der Waals surface area contributed by atoms with Crippen molar-refractivity contribution in [2.24, 2.45) is 0 Å². The maximum Gasteiger partial charge on any atom is 0.258 e. The van der Waals surface area contributed by atoms with Crippen LogP contribution >= 0.6 is 0 Å². The van der Waals surface area contributed by atoms with Crippen molar-refractivity contribution in [1.82, 2.24) is 10.2 Å². The van der Waals surface area contributed by atoms with E-state index in [4.69, 9.17) is 0 Å². The van der Waals surface area contributed by atoms with Gasteiger partial charge in [-0.25, -0.2) is 0 Å². The number of hydrogen-bond donors (Lipinski definition) is 1. The number of nitrogens with zero attached hydrogens (tertiary/aromatic N) is 2. The third kappa shape index (κ3) is 4.87. The van der Waals surface area contributed by atoms with Crippen molar-refractivity contribution < 1.29 is 9.59 Å². The van der Waals surface area contributed by atoms with Crippen molar-refractivity contribution in [3.8, 4) is 0 Å². The summed E-state index contributed by atoms with van der Waals surface area (Å²) in [5, 5.41) is 2.74. The lowest BCUT2D eigenvalue weighted by Gasteiger charge is -2.37. The van der Waals surface area contributed by atoms with Crippen LogP contribution in [0.1, 0.15) is 28.8 Å². The number of amides is 2. The Kier molecular flexibility index (Phi) is 6.61. The van der Waals surface area contributed by atoms with Gasteiger partial charge in [-0.15, -0.1) is 0 Å². The largest absolute Gasteiger partial charge is 0.348 e. The van der Waals surface area contributed by atoms with E-state index >= 15 is 0 Å². The summed E-state index contributed by atoms with van der Waals surface area (Å²) in [4.78, 5) is 28.9. The molecule has 0 unspecified atom stereocenters. The predicted molar refractivity (Wildman–Crippen MR) is 112 cm³/mol. The van der Waals surface area contributed by atoms with Crippen molar-refractivity contribution in [3.05, 3.63) is 78.4 Å². The Labute approximate surface area is 166 Å². The van der Waals surface area contributed by atoms with Crippen molar-refractivity contribution in [1.29, 1.82) is 0 Å². The summed E-state index contributed by atoms with van der Waals surface area (Å²) < 4.78 is 0. The molecule has 1 N–H and O–H groups in total. The average molecular weight is 377 g/mol. The number of piperidine rings is 1. The molecular formula is C23H27N3O2. The van der Waals surface area contributed by atoms with Gasteiger partial charge in [-0.3, -0.25) is 9.59 Å². The van der Waals surface area contributed by atoms with Crippen LogP contribution in [-0.4, -0.2) is 42.9 Å². The Balaban J connectivity index is 1.79. The molecule has 0 bridgehead atoms. The van der Waals surface area contributed by atoms with E-state index in [2.05, 4.69) is 23.8 Å². The van der Waals surface area contributed by atoms with Crippen LogP contribution < -0.4 is 10.2 Å². The van der Waals surface area contributed by atoms with Crippen LogP contribution in [0.4, 0.5) is 5.69 Å². The molecule has 28 heavy (non-hydrogen) atoms. The maximum atomic E-state index is 13.4. The second-order valence-electron chi connectivity index (χ2n) is 7.16. The Morgan fingerprint density at radius 2 is 1.75 bits per heavy atom. The summed E-state index contributed by atoms with van der Waals surface area (Å²) in [6.07, 6.45) is 3.17. The van der Waals surface area contributed by atoms with Gasteiger partial charge in [-0.2, -0.15) is 0 Å². The van der Waals surface area contributed by atoms with E-state index in [9.17, 15) is 9.59 Å². The quantitative estimate of drug-likeness (QED) is 0.787. The molecule has 2 amide bonds. The Morgan fingerprint density at radius 3 is 2.36 bits per heavy atom. The van der Waals surface area contributed by atoms with Gasteiger partial charge in [0.2, 0.25) is 5.91 Å². The number of para-hydroxylation sites is 1. The van der Waals surface area contributed by atoms with Gasteiger partial charge in [-0.1, -0.05) is 36.9 Å². The van der Waals surface area contributed by atoms with E-state index < -0.39 is 0 Å². The molecule has 5 nitrogen and oxygen atoms in total. The average Bonchev–Trinajstić information content (AvgIpc) is 2.74. The first-order valence-electron chi connectivity index (χ1n) is 9.65. The number of hydrogen-bond acceptors (Lipinski definition) is 3. The number of nitrogens with one attached hydrogen (secondary N) is 1. The number of anilines is 1. The minimum Gasteiger partial charge on any atom is -0.348 e. The highest BCUT2D eigenvalue weighted by molar-refractivity contribution is 6.06. The molecule has 0 spiro atoms. The van der Waals surface area contributed by atoms with Crippen LogP contribution in [0.2, 0.25) is 0 Å². The molecule has 3 rings (SSSR count). The summed E-state index contributed by atoms with van der Waals surface area (Å²) in [7, 11) is 2.12. The summed E-state index contributed by atoms with van der Waals surface area (Å²) in [5.74, 6) is -0.194. The smallest absolute Gasteiger partial charge is 0.258 e. The molecule has 1 saturated heterocycles. The van der Waals surface area contributed by atoms with Gasteiger partial charge < -0.3 is 15.1 Å². The Bertz CT molecular complexity index is 810. The number of rotatable bonds is 6. The first-order valence-corrected chi connectivity index (χ1v) is 9.65. The fourth-order valence-corrected chi connectivity index (χ4v) is 3.50.